The molecule has 2 aromatic rings. The highest BCUT2D eigenvalue weighted by Crippen LogP contribution is 2.40. The van der Waals surface area contributed by atoms with Crippen molar-refractivity contribution < 1.29 is 23.7 Å². The lowest BCUT2D eigenvalue weighted by Crippen LogP contribution is -2.26. The van der Waals surface area contributed by atoms with Crippen molar-refractivity contribution in [2.45, 2.75) is 6.92 Å². The van der Waals surface area contributed by atoms with E-state index < -0.39 is 0 Å². The summed E-state index contributed by atoms with van der Waals surface area (Å²) in [7, 11) is 4.63. The molecule has 0 atom stereocenters. The van der Waals surface area contributed by atoms with E-state index in [-0.39, 0.29) is 5.91 Å². The van der Waals surface area contributed by atoms with Gasteiger partial charge in [-0.3, -0.25) is 4.79 Å². The Bertz CT molecular complexity index is 801. The Morgan fingerprint density at radius 3 is 2.48 bits per heavy atom. The summed E-state index contributed by atoms with van der Waals surface area (Å²) in [6, 6.07) is 11.3. The van der Waals surface area contributed by atoms with Gasteiger partial charge in [0.15, 0.2) is 11.5 Å². The Morgan fingerprint density at radius 2 is 1.81 bits per heavy atom. The Labute approximate surface area is 159 Å². The van der Waals surface area contributed by atoms with Gasteiger partial charge >= 0.3 is 0 Å². The number of amides is 1. The molecule has 6 heteroatoms. The Morgan fingerprint density at radius 1 is 1.04 bits per heavy atom. The van der Waals surface area contributed by atoms with Crippen LogP contribution in [0.15, 0.2) is 42.5 Å². The number of methoxy groups -OCH3 is 3. The minimum Gasteiger partial charge on any atom is -0.493 e. The Hall–Kier alpha value is -3.15. The minimum absolute atomic E-state index is 0.223. The van der Waals surface area contributed by atoms with Crippen LogP contribution in [0.1, 0.15) is 11.1 Å². The maximum atomic E-state index is 12.0. The average Bonchev–Trinajstić information content (AvgIpc) is 2.68. The summed E-state index contributed by atoms with van der Waals surface area (Å²) in [6.45, 7) is 2.80. The third kappa shape index (κ3) is 5.67. The molecule has 1 N–H and O–H groups in total. The molecule has 0 spiro atoms. The molecule has 27 heavy (non-hydrogen) atoms. The number of carbonyl (C=O) groups excluding carboxylic acids is 1. The molecule has 0 unspecified atom stereocenters. The van der Waals surface area contributed by atoms with Crippen LogP contribution in [-0.2, 0) is 4.79 Å². The first-order chi connectivity index (χ1) is 13.1. The fourth-order valence-electron chi connectivity index (χ4n) is 2.53. The lowest BCUT2D eigenvalue weighted by atomic mass is 10.1. The third-order valence-electron chi connectivity index (χ3n) is 3.81. The standard InChI is InChI=1S/C21H25NO5/c1-15-6-5-7-17(14-15)27-13-12-22-19(23)11-9-16-8-10-18(24-2)21(26-4)20(16)25-3/h5-11,14H,12-13H2,1-4H3,(H,22,23)/b11-9+. The summed E-state index contributed by atoms with van der Waals surface area (Å²) in [4.78, 5) is 12.0. The van der Waals surface area contributed by atoms with Crippen molar-refractivity contribution in [3.8, 4) is 23.0 Å². The minimum atomic E-state index is -0.223. The van der Waals surface area contributed by atoms with Crippen LogP contribution in [0, 0.1) is 6.92 Å². The number of benzene rings is 2. The lowest BCUT2D eigenvalue weighted by Gasteiger charge is -2.14. The van der Waals surface area contributed by atoms with E-state index in [2.05, 4.69) is 5.32 Å². The van der Waals surface area contributed by atoms with Gasteiger partial charge in [-0.15, -0.1) is 0 Å². The second-order valence-corrected chi connectivity index (χ2v) is 5.71. The highest BCUT2D eigenvalue weighted by molar-refractivity contribution is 5.92. The summed E-state index contributed by atoms with van der Waals surface area (Å²) in [5.41, 5.74) is 1.84. The molecule has 144 valence electrons. The molecule has 0 saturated heterocycles. The third-order valence-corrected chi connectivity index (χ3v) is 3.81. The van der Waals surface area contributed by atoms with Crippen LogP contribution in [0.4, 0.5) is 0 Å². The van der Waals surface area contributed by atoms with Gasteiger partial charge < -0.3 is 24.3 Å². The fourth-order valence-corrected chi connectivity index (χ4v) is 2.53. The first kappa shape index (κ1) is 20.2. The van der Waals surface area contributed by atoms with E-state index in [0.717, 1.165) is 11.3 Å². The van der Waals surface area contributed by atoms with Gasteiger partial charge in [0.2, 0.25) is 11.7 Å². The maximum Gasteiger partial charge on any atom is 0.244 e. The van der Waals surface area contributed by atoms with Crippen molar-refractivity contribution in [3.05, 3.63) is 53.6 Å². The fraction of sp³-hybridized carbons (Fsp3) is 0.286. The molecule has 0 aliphatic rings. The van der Waals surface area contributed by atoms with Crippen molar-refractivity contribution >= 4 is 12.0 Å². The maximum absolute atomic E-state index is 12.0. The summed E-state index contributed by atoms with van der Waals surface area (Å²) in [5, 5.41) is 2.78. The van der Waals surface area contributed by atoms with Crippen molar-refractivity contribution in [1.82, 2.24) is 5.32 Å². The highest BCUT2D eigenvalue weighted by Gasteiger charge is 2.14. The first-order valence-corrected chi connectivity index (χ1v) is 8.53. The Kier molecular flexibility index (Phi) is 7.55. The van der Waals surface area contributed by atoms with E-state index in [1.54, 1.807) is 25.3 Å². The van der Waals surface area contributed by atoms with Gasteiger partial charge in [0.1, 0.15) is 12.4 Å². The van der Waals surface area contributed by atoms with Gasteiger partial charge in [-0.2, -0.15) is 0 Å². The summed E-state index contributed by atoms with van der Waals surface area (Å²) in [6.07, 6.45) is 3.11. The van der Waals surface area contributed by atoms with Crippen LogP contribution in [0.5, 0.6) is 23.0 Å². The van der Waals surface area contributed by atoms with Crippen LogP contribution < -0.4 is 24.3 Å². The number of aryl methyl sites for hydroxylation is 1. The number of rotatable bonds is 9. The van der Waals surface area contributed by atoms with Gasteiger partial charge in [-0.1, -0.05) is 12.1 Å². The number of carbonyl (C=O) groups is 1. The second kappa shape index (κ2) is 10.1. The SMILES string of the molecule is COc1ccc(/C=C/C(=O)NCCOc2cccc(C)c2)c(OC)c1OC. The normalized spacial score (nSPS) is 10.5. The van der Waals surface area contributed by atoms with Crippen molar-refractivity contribution in [2.24, 2.45) is 0 Å². The summed E-state index contributed by atoms with van der Waals surface area (Å²) < 4.78 is 21.6. The second-order valence-electron chi connectivity index (χ2n) is 5.71. The zero-order valence-corrected chi connectivity index (χ0v) is 16.1. The zero-order chi connectivity index (χ0) is 19.6. The van der Waals surface area contributed by atoms with Gasteiger partial charge in [-0.25, -0.2) is 0 Å². The van der Waals surface area contributed by atoms with E-state index in [1.165, 1.54) is 20.3 Å². The molecule has 0 aliphatic carbocycles. The molecule has 0 aromatic heterocycles. The van der Waals surface area contributed by atoms with Crippen LogP contribution >= 0.6 is 0 Å². The Balaban J connectivity index is 1.90. The lowest BCUT2D eigenvalue weighted by molar-refractivity contribution is -0.116. The van der Waals surface area contributed by atoms with Gasteiger partial charge in [0.25, 0.3) is 0 Å². The summed E-state index contributed by atoms with van der Waals surface area (Å²) >= 11 is 0. The highest BCUT2D eigenvalue weighted by atomic mass is 16.5. The van der Waals surface area contributed by atoms with E-state index in [0.29, 0.717) is 36.0 Å². The molecule has 6 nitrogen and oxygen atoms in total. The topological polar surface area (TPSA) is 66.0 Å². The molecule has 0 radical (unpaired) electrons. The van der Waals surface area contributed by atoms with E-state index in [9.17, 15) is 4.79 Å². The molecule has 0 saturated carbocycles. The van der Waals surface area contributed by atoms with Crippen LogP contribution in [0.2, 0.25) is 0 Å². The molecule has 0 heterocycles. The van der Waals surface area contributed by atoms with E-state index >= 15 is 0 Å². The number of hydrogen-bond acceptors (Lipinski definition) is 5. The molecular formula is C21H25NO5. The van der Waals surface area contributed by atoms with Gasteiger partial charge in [0, 0.05) is 11.6 Å². The quantitative estimate of drug-likeness (QED) is 0.542. The van der Waals surface area contributed by atoms with Crippen molar-refractivity contribution in [3.63, 3.8) is 0 Å². The van der Waals surface area contributed by atoms with E-state index in [1.807, 2.05) is 31.2 Å². The van der Waals surface area contributed by atoms with Crippen molar-refractivity contribution in [1.29, 1.82) is 0 Å². The van der Waals surface area contributed by atoms with Crippen LogP contribution in [0.25, 0.3) is 6.08 Å². The van der Waals surface area contributed by atoms with E-state index in [4.69, 9.17) is 18.9 Å². The predicted molar refractivity (Wildman–Crippen MR) is 105 cm³/mol. The molecule has 0 aliphatic heterocycles. The number of hydrogen-bond donors (Lipinski definition) is 1. The molecule has 2 aromatic carbocycles. The molecule has 0 bridgehead atoms. The van der Waals surface area contributed by atoms with Crippen molar-refractivity contribution in [2.75, 3.05) is 34.5 Å². The first-order valence-electron chi connectivity index (χ1n) is 8.53. The summed E-state index contributed by atoms with van der Waals surface area (Å²) in [5.74, 6) is 2.11. The molecule has 0 fully saturated rings. The predicted octanol–water partition coefficient (Wildman–Crippen LogP) is 3.23. The van der Waals surface area contributed by atoms with Gasteiger partial charge in [-0.05, 0) is 42.8 Å². The largest absolute Gasteiger partial charge is 0.493 e. The molecular weight excluding hydrogens is 346 g/mol. The monoisotopic (exact) mass is 371 g/mol. The smallest absolute Gasteiger partial charge is 0.244 e. The zero-order valence-electron chi connectivity index (χ0n) is 16.1. The number of nitrogens with one attached hydrogen (secondary N) is 1. The average molecular weight is 371 g/mol. The molecule has 1 amide bonds. The van der Waals surface area contributed by atoms with Crippen LogP contribution in [0.3, 0.4) is 0 Å². The molecule has 2 rings (SSSR count). The number of ether oxygens (including phenoxy) is 4. The van der Waals surface area contributed by atoms with Crippen LogP contribution in [-0.4, -0.2) is 40.4 Å². The van der Waals surface area contributed by atoms with Gasteiger partial charge in [0.05, 0.1) is 27.9 Å².